The van der Waals surface area contributed by atoms with Crippen LogP contribution in [0.15, 0.2) is 12.2 Å². The standard InChI is InChI=1S/C13H21NO3/c1-13(2,3)17-12(16)14-11-9-5-4-8(6-9)10(11)7-15/h4-5,8-11,15H,6-7H2,1-3H3,(H,14,16)/t8?,9?,10-,11+/m0/s1. The van der Waals surface area contributed by atoms with Gasteiger partial charge in [0, 0.05) is 18.6 Å². The van der Waals surface area contributed by atoms with Crippen molar-refractivity contribution in [1.82, 2.24) is 5.32 Å². The Morgan fingerprint density at radius 1 is 1.41 bits per heavy atom. The second-order valence-electron chi connectivity index (χ2n) is 5.97. The number of aliphatic hydroxyl groups excluding tert-OH is 1. The molecule has 2 bridgehead atoms. The van der Waals surface area contributed by atoms with Crippen LogP contribution in [0.2, 0.25) is 0 Å². The summed E-state index contributed by atoms with van der Waals surface area (Å²) < 4.78 is 5.24. The van der Waals surface area contributed by atoms with Gasteiger partial charge in [-0.2, -0.15) is 0 Å². The van der Waals surface area contributed by atoms with Crippen LogP contribution in [0.4, 0.5) is 4.79 Å². The Bertz CT molecular complexity index is 332. The molecule has 0 aromatic heterocycles. The van der Waals surface area contributed by atoms with Gasteiger partial charge < -0.3 is 15.2 Å². The maximum atomic E-state index is 11.7. The number of carbonyl (C=O) groups excluding carboxylic acids is 1. The molecule has 2 N–H and O–H groups in total. The quantitative estimate of drug-likeness (QED) is 0.721. The van der Waals surface area contributed by atoms with E-state index < -0.39 is 5.60 Å². The van der Waals surface area contributed by atoms with Gasteiger partial charge in [0.1, 0.15) is 5.60 Å². The topological polar surface area (TPSA) is 58.6 Å². The maximum Gasteiger partial charge on any atom is 0.407 e. The summed E-state index contributed by atoms with van der Waals surface area (Å²) in [5.74, 6) is 0.895. The number of aliphatic hydroxyl groups is 1. The summed E-state index contributed by atoms with van der Waals surface area (Å²) in [6.45, 7) is 5.65. The SMILES string of the molecule is CC(C)(C)OC(=O)N[C@@H]1C2C=CC(C2)[C@@H]1CO. The summed E-state index contributed by atoms with van der Waals surface area (Å²) in [5.41, 5.74) is -0.480. The van der Waals surface area contributed by atoms with Crippen molar-refractivity contribution in [2.75, 3.05) is 6.61 Å². The Kier molecular flexibility index (Phi) is 3.17. The number of carbonyl (C=O) groups is 1. The van der Waals surface area contributed by atoms with E-state index in [0.717, 1.165) is 6.42 Å². The molecule has 0 spiro atoms. The minimum Gasteiger partial charge on any atom is -0.444 e. The monoisotopic (exact) mass is 239 g/mol. The molecule has 0 aromatic rings. The van der Waals surface area contributed by atoms with E-state index in [1.165, 1.54) is 0 Å². The van der Waals surface area contributed by atoms with Crippen LogP contribution in [0, 0.1) is 17.8 Å². The molecule has 1 amide bonds. The van der Waals surface area contributed by atoms with Crippen LogP contribution in [-0.4, -0.2) is 29.4 Å². The Hall–Kier alpha value is -1.03. The first-order valence-electron chi connectivity index (χ1n) is 6.19. The second kappa shape index (κ2) is 4.33. The Balaban J connectivity index is 1.95. The molecule has 0 saturated heterocycles. The van der Waals surface area contributed by atoms with Gasteiger partial charge in [-0.1, -0.05) is 12.2 Å². The van der Waals surface area contributed by atoms with E-state index >= 15 is 0 Å². The molecular formula is C13H21NO3. The molecule has 2 aliphatic rings. The highest BCUT2D eigenvalue weighted by Crippen LogP contribution is 2.43. The summed E-state index contributed by atoms with van der Waals surface area (Å²) in [4.78, 5) is 11.7. The fraction of sp³-hybridized carbons (Fsp3) is 0.769. The van der Waals surface area contributed by atoms with E-state index in [1.54, 1.807) is 0 Å². The van der Waals surface area contributed by atoms with Gasteiger partial charge in [0.25, 0.3) is 0 Å². The van der Waals surface area contributed by atoms with Crippen LogP contribution in [0.1, 0.15) is 27.2 Å². The predicted octanol–water partition coefficient (Wildman–Crippen LogP) is 1.69. The van der Waals surface area contributed by atoms with Crippen LogP contribution in [-0.2, 0) is 4.74 Å². The Morgan fingerprint density at radius 3 is 2.65 bits per heavy atom. The van der Waals surface area contributed by atoms with Crippen LogP contribution in [0.5, 0.6) is 0 Å². The van der Waals surface area contributed by atoms with Gasteiger partial charge in [0.05, 0.1) is 0 Å². The third-order valence-electron chi connectivity index (χ3n) is 3.52. The lowest BCUT2D eigenvalue weighted by molar-refractivity contribution is 0.0465. The molecule has 0 aromatic carbocycles. The molecule has 2 rings (SSSR count). The third kappa shape index (κ3) is 2.63. The fourth-order valence-electron chi connectivity index (χ4n) is 2.83. The zero-order valence-corrected chi connectivity index (χ0v) is 10.6. The van der Waals surface area contributed by atoms with Gasteiger partial charge in [-0.05, 0) is 39.0 Å². The van der Waals surface area contributed by atoms with Crippen molar-refractivity contribution in [3.05, 3.63) is 12.2 Å². The zero-order chi connectivity index (χ0) is 12.6. The lowest BCUT2D eigenvalue weighted by Gasteiger charge is -2.29. The molecule has 17 heavy (non-hydrogen) atoms. The number of alkyl carbamates (subject to hydrolysis) is 1. The third-order valence-corrected chi connectivity index (χ3v) is 3.52. The van der Waals surface area contributed by atoms with Crippen molar-refractivity contribution in [2.45, 2.75) is 38.8 Å². The zero-order valence-electron chi connectivity index (χ0n) is 10.6. The van der Waals surface area contributed by atoms with E-state index in [9.17, 15) is 9.90 Å². The number of hydrogen-bond acceptors (Lipinski definition) is 3. The molecule has 4 nitrogen and oxygen atoms in total. The van der Waals surface area contributed by atoms with E-state index in [4.69, 9.17) is 4.74 Å². The maximum absolute atomic E-state index is 11.7. The van der Waals surface area contributed by atoms with Crippen molar-refractivity contribution in [2.24, 2.45) is 17.8 Å². The van der Waals surface area contributed by atoms with E-state index in [2.05, 4.69) is 17.5 Å². The van der Waals surface area contributed by atoms with Crippen molar-refractivity contribution in [3.8, 4) is 0 Å². The van der Waals surface area contributed by atoms with Crippen molar-refractivity contribution >= 4 is 6.09 Å². The average molecular weight is 239 g/mol. The first-order valence-corrected chi connectivity index (χ1v) is 6.19. The molecule has 1 saturated carbocycles. The molecule has 0 radical (unpaired) electrons. The van der Waals surface area contributed by atoms with Crippen LogP contribution < -0.4 is 5.32 Å². The highest BCUT2D eigenvalue weighted by atomic mass is 16.6. The summed E-state index contributed by atoms with van der Waals surface area (Å²) in [5, 5.41) is 12.3. The van der Waals surface area contributed by atoms with Crippen LogP contribution >= 0.6 is 0 Å². The molecule has 0 aliphatic heterocycles. The second-order valence-corrected chi connectivity index (χ2v) is 5.97. The van der Waals surface area contributed by atoms with Gasteiger partial charge in [0.2, 0.25) is 0 Å². The lowest BCUT2D eigenvalue weighted by Crippen LogP contribution is -2.46. The molecule has 0 heterocycles. The number of nitrogens with one attached hydrogen (secondary N) is 1. The summed E-state index contributed by atoms with van der Waals surface area (Å²) >= 11 is 0. The normalized spacial score (nSPS) is 35.1. The van der Waals surface area contributed by atoms with Gasteiger partial charge in [0.15, 0.2) is 0 Å². The van der Waals surface area contributed by atoms with E-state index in [0.29, 0.717) is 11.8 Å². The van der Waals surface area contributed by atoms with Crippen LogP contribution in [0.3, 0.4) is 0 Å². The molecule has 4 atom stereocenters. The average Bonchev–Trinajstić information content (AvgIpc) is 2.74. The first kappa shape index (κ1) is 12.4. The summed E-state index contributed by atoms with van der Waals surface area (Å²) in [6, 6.07) is 0.0184. The highest BCUT2D eigenvalue weighted by molar-refractivity contribution is 5.68. The number of hydrogen-bond donors (Lipinski definition) is 2. The minimum atomic E-state index is -0.480. The lowest BCUT2D eigenvalue weighted by atomic mass is 9.90. The van der Waals surface area contributed by atoms with Crippen LogP contribution in [0.25, 0.3) is 0 Å². The largest absolute Gasteiger partial charge is 0.444 e. The van der Waals surface area contributed by atoms with E-state index in [-0.39, 0.29) is 24.7 Å². The van der Waals surface area contributed by atoms with E-state index in [1.807, 2.05) is 20.8 Å². The molecule has 96 valence electrons. The Labute approximate surface area is 102 Å². The summed E-state index contributed by atoms with van der Waals surface area (Å²) in [6.07, 6.45) is 4.94. The Morgan fingerprint density at radius 2 is 2.06 bits per heavy atom. The van der Waals surface area contributed by atoms with Gasteiger partial charge >= 0.3 is 6.09 Å². The molecule has 4 heteroatoms. The van der Waals surface area contributed by atoms with Crippen molar-refractivity contribution in [3.63, 3.8) is 0 Å². The van der Waals surface area contributed by atoms with Gasteiger partial charge in [-0.15, -0.1) is 0 Å². The van der Waals surface area contributed by atoms with Crippen molar-refractivity contribution in [1.29, 1.82) is 0 Å². The van der Waals surface area contributed by atoms with Gasteiger partial charge in [-0.3, -0.25) is 0 Å². The van der Waals surface area contributed by atoms with Crippen molar-refractivity contribution < 1.29 is 14.6 Å². The minimum absolute atomic E-state index is 0.0184. The number of amides is 1. The fourth-order valence-corrected chi connectivity index (χ4v) is 2.83. The molecule has 2 unspecified atom stereocenters. The highest BCUT2D eigenvalue weighted by Gasteiger charge is 2.45. The molecule has 1 fully saturated rings. The molecule has 2 aliphatic carbocycles. The number of ether oxygens (including phenoxy) is 1. The number of fused-ring (bicyclic) bond motifs is 2. The first-order chi connectivity index (χ1) is 7.90. The molecular weight excluding hydrogens is 218 g/mol. The smallest absolute Gasteiger partial charge is 0.407 e. The predicted molar refractivity (Wildman–Crippen MR) is 64.5 cm³/mol. The number of rotatable bonds is 2. The number of allylic oxidation sites excluding steroid dienone is 1. The summed E-state index contributed by atoms with van der Waals surface area (Å²) in [7, 11) is 0. The van der Waals surface area contributed by atoms with Gasteiger partial charge in [-0.25, -0.2) is 4.79 Å².